The summed E-state index contributed by atoms with van der Waals surface area (Å²) in [6.07, 6.45) is 7.64. The number of amides is 1. The van der Waals surface area contributed by atoms with Crippen molar-refractivity contribution >= 4 is 34.1 Å². The highest BCUT2D eigenvalue weighted by Crippen LogP contribution is 2.20. The van der Waals surface area contributed by atoms with Crippen molar-refractivity contribution in [2.75, 3.05) is 5.32 Å². The van der Waals surface area contributed by atoms with E-state index in [9.17, 15) is 4.79 Å². The maximum Gasteiger partial charge on any atom is 0.224 e. The zero-order valence-corrected chi connectivity index (χ0v) is 16.1. The Morgan fingerprint density at radius 3 is 2.82 bits per heavy atom. The number of aromatic amines is 1. The van der Waals surface area contributed by atoms with E-state index in [4.69, 9.17) is 11.6 Å². The first kappa shape index (κ1) is 18.3. The van der Waals surface area contributed by atoms with Gasteiger partial charge in [0.15, 0.2) is 0 Å². The highest BCUT2D eigenvalue weighted by Gasteiger charge is 2.08. The molecule has 2 N–H and O–H groups in total. The summed E-state index contributed by atoms with van der Waals surface area (Å²) in [5.74, 6) is -0.00265. The third-order valence-electron chi connectivity index (χ3n) is 4.73. The van der Waals surface area contributed by atoms with Crippen LogP contribution in [0.5, 0.6) is 0 Å². The number of fused-ring (bicyclic) bond motifs is 1. The Morgan fingerprint density at radius 2 is 1.93 bits per heavy atom. The lowest BCUT2D eigenvalue weighted by Crippen LogP contribution is -2.11. The predicted molar refractivity (Wildman–Crippen MR) is 113 cm³/mol. The number of rotatable bonds is 7. The number of nitrogens with zero attached hydrogens (tertiary/aromatic N) is 2. The Balaban J connectivity index is 1.28. The SMILES string of the molecule is O=C(CCCc1c[nH]c2ccccc12)Nc1cnn(Cc2ccccc2Cl)c1. The third kappa shape index (κ3) is 4.26. The number of carbonyl (C=O) groups excluding carboxylic acids is 1. The summed E-state index contributed by atoms with van der Waals surface area (Å²) in [5, 5.41) is 9.15. The van der Waals surface area contributed by atoms with Crippen LogP contribution in [0.4, 0.5) is 5.69 Å². The molecule has 0 unspecified atom stereocenters. The molecular formula is C22H21ClN4O. The number of carbonyl (C=O) groups is 1. The molecule has 0 aliphatic rings. The average Bonchev–Trinajstić information content (AvgIpc) is 3.31. The van der Waals surface area contributed by atoms with Crippen molar-refractivity contribution in [1.82, 2.24) is 14.8 Å². The quantitative estimate of drug-likeness (QED) is 0.463. The monoisotopic (exact) mass is 392 g/mol. The van der Waals surface area contributed by atoms with Crippen molar-refractivity contribution in [1.29, 1.82) is 0 Å². The predicted octanol–water partition coefficient (Wildman–Crippen LogP) is 5.03. The smallest absolute Gasteiger partial charge is 0.224 e. The van der Waals surface area contributed by atoms with Gasteiger partial charge in [0.05, 0.1) is 18.4 Å². The molecule has 0 aliphatic heterocycles. The van der Waals surface area contributed by atoms with Crippen LogP contribution in [0, 0.1) is 0 Å². The fourth-order valence-corrected chi connectivity index (χ4v) is 3.51. The molecule has 4 aromatic rings. The van der Waals surface area contributed by atoms with Crippen molar-refractivity contribution in [3.05, 3.63) is 83.3 Å². The summed E-state index contributed by atoms with van der Waals surface area (Å²) in [4.78, 5) is 15.5. The van der Waals surface area contributed by atoms with Gasteiger partial charge in [0, 0.05) is 34.7 Å². The van der Waals surface area contributed by atoms with E-state index < -0.39 is 0 Å². The summed E-state index contributed by atoms with van der Waals surface area (Å²) in [6.45, 7) is 0.566. The van der Waals surface area contributed by atoms with Gasteiger partial charge < -0.3 is 10.3 Å². The van der Waals surface area contributed by atoms with E-state index in [0.29, 0.717) is 23.7 Å². The number of nitrogens with one attached hydrogen (secondary N) is 2. The molecule has 0 spiro atoms. The number of halogens is 1. The van der Waals surface area contributed by atoms with Gasteiger partial charge in [0.25, 0.3) is 0 Å². The minimum atomic E-state index is -0.00265. The molecule has 0 saturated carbocycles. The van der Waals surface area contributed by atoms with Crippen LogP contribution in [0.1, 0.15) is 24.0 Å². The second-order valence-electron chi connectivity index (χ2n) is 6.78. The molecule has 6 heteroatoms. The van der Waals surface area contributed by atoms with Crippen LogP contribution in [0.15, 0.2) is 67.1 Å². The molecule has 1 amide bonds. The van der Waals surface area contributed by atoms with E-state index in [2.05, 4.69) is 27.5 Å². The van der Waals surface area contributed by atoms with Crippen molar-refractivity contribution in [2.24, 2.45) is 0 Å². The van der Waals surface area contributed by atoms with Crippen molar-refractivity contribution < 1.29 is 4.79 Å². The van der Waals surface area contributed by atoms with Gasteiger partial charge in [-0.15, -0.1) is 0 Å². The first-order valence-corrected chi connectivity index (χ1v) is 9.67. The minimum absolute atomic E-state index is 0.00265. The average molecular weight is 393 g/mol. The van der Waals surface area contributed by atoms with Crippen LogP contribution in [-0.4, -0.2) is 20.7 Å². The van der Waals surface area contributed by atoms with E-state index in [0.717, 1.165) is 23.9 Å². The maximum absolute atomic E-state index is 12.2. The van der Waals surface area contributed by atoms with Gasteiger partial charge in [-0.3, -0.25) is 9.48 Å². The molecule has 2 heterocycles. The van der Waals surface area contributed by atoms with Gasteiger partial charge in [-0.05, 0) is 36.1 Å². The molecule has 0 fully saturated rings. The first-order chi connectivity index (χ1) is 13.7. The Kier molecular flexibility index (Phi) is 5.44. The second kappa shape index (κ2) is 8.31. The lowest BCUT2D eigenvalue weighted by atomic mass is 10.1. The number of hydrogen-bond acceptors (Lipinski definition) is 2. The van der Waals surface area contributed by atoms with Gasteiger partial charge in [0.1, 0.15) is 0 Å². The van der Waals surface area contributed by atoms with Crippen LogP contribution < -0.4 is 5.32 Å². The molecule has 2 aromatic heterocycles. The van der Waals surface area contributed by atoms with Gasteiger partial charge in [0.2, 0.25) is 5.91 Å². The number of benzene rings is 2. The van der Waals surface area contributed by atoms with E-state index in [-0.39, 0.29) is 5.91 Å². The fraction of sp³-hybridized carbons (Fsp3) is 0.182. The van der Waals surface area contributed by atoms with Crippen LogP contribution in [0.3, 0.4) is 0 Å². The molecule has 2 aromatic carbocycles. The molecule has 5 nitrogen and oxygen atoms in total. The maximum atomic E-state index is 12.2. The van der Waals surface area contributed by atoms with Crippen LogP contribution in [0.25, 0.3) is 10.9 Å². The number of hydrogen-bond donors (Lipinski definition) is 2. The summed E-state index contributed by atoms with van der Waals surface area (Å²) in [5.41, 5.74) is 4.07. The molecule has 4 rings (SSSR count). The Morgan fingerprint density at radius 1 is 1.11 bits per heavy atom. The molecule has 0 radical (unpaired) electrons. The minimum Gasteiger partial charge on any atom is -0.361 e. The zero-order valence-electron chi connectivity index (χ0n) is 15.4. The summed E-state index contributed by atoms with van der Waals surface area (Å²) in [7, 11) is 0. The number of aromatic nitrogens is 3. The van der Waals surface area contributed by atoms with Gasteiger partial charge in [-0.2, -0.15) is 5.10 Å². The first-order valence-electron chi connectivity index (χ1n) is 9.30. The van der Waals surface area contributed by atoms with E-state index in [1.54, 1.807) is 10.9 Å². The van der Waals surface area contributed by atoms with Crippen LogP contribution in [-0.2, 0) is 17.8 Å². The third-order valence-corrected chi connectivity index (χ3v) is 5.10. The fourth-order valence-electron chi connectivity index (χ4n) is 3.32. The molecule has 28 heavy (non-hydrogen) atoms. The normalized spacial score (nSPS) is 11.0. The largest absolute Gasteiger partial charge is 0.361 e. The second-order valence-corrected chi connectivity index (χ2v) is 7.19. The molecule has 0 atom stereocenters. The van der Waals surface area contributed by atoms with Crippen molar-refractivity contribution in [3.63, 3.8) is 0 Å². The number of aryl methyl sites for hydroxylation is 1. The van der Waals surface area contributed by atoms with E-state index in [1.165, 1.54) is 10.9 Å². The topological polar surface area (TPSA) is 62.7 Å². The summed E-state index contributed by atoms with van der Waals surface area (Å²) in [6, 6.07) is 15.9. The Labute approximate surface area is 168 Å². The van der Waals surface area contributed by atoms with Gasteiger partial charge in [-0.1, -0.05) is 48.0 Å². The zero-order chi connectivity index (χ0) is 19.3. The van der Waals surface area contributed by atoms with Crippen LogP contribution in [0.2, 0.25) is 5.02 Å². The highest BCUT2D eigenvalue weighted by molar-refractivity contribution is 6.31. The van der Waals surface area contributed by atoms with Gasteiger partial charge >= 0.3 is 0 Å². The number of anilines is 1. The molecule has 0 saturated heterocycles. The lowest BCUT2D eigenvalue weighted by Gasteiger charge is -2.04. The summed E-state index contributed by atoms with van der Waals surface area (Å²) >= 11 is 6.19. The Bertz CT molecular complexity index is 1100. The molecule has 0 aliphatic carbocycles. The van der Waals surface area contributed by atoms with Gasteiger partial charge in [-0.25, -0.2) is 0 Å². The number of para-hydroxylation sites is 1. The van der Waals surface area contributed by atoms with Crippen molar-refractivity contribution in [3.8, 4) is 0 Å². The van der Waals surface area contributed by atoms with E-state index >= 15 is 0 Å². The highest BCUT2D eigenvalue weighted by atomic mass is 35.5. The lowest BCUT2D eigenvalue weighted by molar-refractivity contribution is -0.116. The molecular weight excluding hydrogens is 372 g/mol. The number of H-pyrrole nitrogens is 1. The molecule has 0 bridgehead atoms. The van der Waals surface area contributed by atoms with Crippen LogP contribution >= 0.6 is 11.6 Å². The molecule has 142 valence electrons. The van der Waals surface area contributed by atoms with Crippen molar-refractivity contribution in [2.45, 2.75) is 25.8 Å². The standard InChI is InChI=1S/C22H21ClN4O/c23-20-9-3-1-6-17(20)14-27-15-18(13-25-27)26-22(28)11-5-7-16-12-24-21-10-4-2-8-19(16)21/h1-4,6,8-10,12-13,15,24H,5,7,11,14H2,(H,26,28). The Hall–Kier alpha value is -3.05. The van der Waals surface area contributed by atoms with E-state index in [1.807, 2.05) is 48.8 Å². The summed E-state index contributed by atoms with van der Waals surface area (Å²) < 4.78 is 1.77.